The lowest BCUT2D eigenvalue weighted by Crippen LogP contribution is -2.52. The SMILES string of the molecule is CC(=N/C=C/c1ccccc1)N(C)C(=O)N1CCC(O)(Cn2cnc3c(cnn3C)c2=O)CC1. The first-order valence-electron chi connectivity index (χ1n) is 11.2. The van der Waals surface area contributed by atoms with Gasteiger partial charge in [0.15, 0.2) is 5.65 Å². The molecule has 1 fully saturated rings. The van der Waals surface area contributed by atoms with Crippen molar-refractivity contribution in [2.45, 2.75) is 31.9 Å². The Hall–Kier alpha value is -3.79. The zero-order valence-corrected chi connectivity index (χ0v) is 19.6. The van der Waals surface area contributed by atoms with Gasteiger partial charge in [0.1, 0.15) is 17.5 Å². The lowest BCUT2D eigenvalue weighted by atomic mass is 9.91. The number of hydrogen-bond donors (Lipinski definition) is 1. The highest BCUT2D eigenvalue weighted by Crippen LogP contribution is 2.24. The van der Waals surface area contributed by atoms with Crippen molar-refractivity contribution in [1.29, 1.82) is 0 Å². The van der Waals surface area contributed by atoms with Gasteiger partial charge in [-0.25, -0.2) is 14.8 Å². The Morgan fingerprint density at radius 3 is 2.68 bits per heavy atom. The van der Waals surface area contributed by atoms with Gasteiger partial charge in [-0.2, -0.15) is 5.10 Å². The van der Waals surface area contributed by atoms with Crippen LogP contribution in [0.1, 0.15) is 25.3 Å². The van der Waals surface area contributed by atoms with Gasteiger partial charge in [-0.3, -0.25) is 18.9 Å². The summed E-state index contributed by atoms with van der Waals surface area (Å²) in [6, 6.07) is 9.63. The number of aromatic nitrogens is 4. The third-order valence-corrected chi connectivity index (χ3v) is 6.25. The Kier molecular flexibility index (Phi) is 6.60. The van der Waals surface area contributed by atoms with E-state index in [1.807, 2.05) is 36.4 Å². The van der Waals surface area contributed by atoms with Crippen molar-refractivity contribution in [2.24, 2.45) is 12.0 Å². The third-order valence-electron chi connectivity index (χ3n) is 6.25. The van der Waals surface area contributed by atoms with Crippen LogP contribution in [-0.2, 0) is 13.6 Å². The van der Waals surface area contributed by atoms with Gasteiger partial charge in [-0.1, -0.05) is 30.3 Å². The quantitative estimate of drug-likeness (QED) is 0.471. The van der Waals surface area contributed by atoms with Crippen LogP contribution in [0, 0.1) is 0 Å². The molecule has 10 heteroatoms. The summed E-state index contributed by atoms with van der Waals surface area (Å²) >= 11 is 0. The van der Waals surface area contributed by atoms with E-state index in [1.54, 1.807) is 36.8 Å². The first-order valence-corrected chi connectivity index (χ1v) is 11.2. The molecular weight excluding hydrogens is 434 g/mol. The number of benzene rings is 1. The molecule has 1 aliphatic heterocycles. The standard InChI is InChI=1S/C24H29N7O3/c1-18(25-12-9-19-7-5-4-6-8-19)28(2)23(33)30-13-10-24(34,11-14-30)16-31-17-26-21-20(22(31)32)15-27-29(21)3/h4-9,12,15,17,34H,10-11,13-14,16H2,1-3H3/b12-9+,25-18?. The minimum atomic E-state index is -1.10. The Labute approximate surface area is 197 Å². The Morgan fingerprint density at radius 1 is 1.26 bits per heavy atom. The minimum absolute atomic E-state index is 0.117. The number of aliphatic hydroxyl groups is 1. The highest BCUT2D eigenvalue weighted by atomic mass is 16.3. The monoisotopic (exact) mass is 463 g/mol. The molecule has 0 bridgehead atoms. The molecule has 1 aliphatic rings. The van der Waals surface area contributed by atoms with E-state index in [0.29, 0.717) is 42.8 Å². The van der Waals surface area contributed by atoms with E-state index in [2.05, 4.69) is 15.1 Å². The number of fused-ring (bicyclic) bond motifs is 1. The molecule has 2 amide bonds. The molecule has 34 heavy (non-hydrogen) atoms. The number of aliphatic imine (C=N–C) groups is 1. The molecule has 10 nitrogen and oxygen atoms in total. The van der Waals surface area contributed by atoms with Crippen LogP contribution in [0.3, 0.4) is 0 Å². The molecule has 0 radical (unpaired) electrons. The van der Waals surface area contributed by atoms with E-state index in [-0.39, 0.29) is 18.1 Å². The third kappa shape index (κ3) is 4.91. The Morgan fingerprint density at radius 2 is 1.97 bits per heavy atom. The van der Waals surface area contributed by atoms with Crippen LogP contribution in [0.4, 0.5) is 4.79 Å². The predicted molar refractivity (Wildman–Crippen MR) is 130 cm³/mol. The summed E-state index contributed by atoms with van der Waals surface area (Å²) in [5.41, 5.74) is 0.200. The summed E-state index contributed by atoms with van der Waals surface area (Å²) in [6.45, 7) is 2.65. The van der Waals surface area contributed by atoms with Crippen molar-refractivity contribution in [2.75, 3.05) is 20.1 Å². The number of aryl methyl sites for hydroxylation is 1. The number of amides is 2. The number of carbonyl (C=O) groups is 1. The molecular formula is C24H29N7O3. The molecule has 1 saturated heterocycles. The van der Waals surface area contributed by atoms with Crippen molar-refractivity contribution in [3.63, 3.8) is 0 Å². The topological polar surface area (TPSA) is 109 Å². The van der Waals surface area contributed by atoms with Gasteiger partial charge in [0.25, 0.3) is 5.56 Å². The molecule has 1 N–H and O–H groups in total. The zero-order valence-electron chi connectivity index (χ0n) is 19.6. The van der Waals surface area contributed by atoms with E-state index < -0.39 is 5.60 Å². The molecule has 0 unspecified atom stereocenters. The van der Waals surface area contributed by atoms with Gasteiger partial charge in [-0.05, 0) is 31.4 Å². The minimum Gasteiger partial charge on any atom is -0.388 e. The number of urea groups is 1. The molecule has 0 saturated carbocycles. The second-order valence-electron chi connectivity index (χ2n) is 8.64. The fourth-order valence-corrected chi connectivity index (χ4v) is 4.00. The number of rotatable bonds is 4. The number of hydrogen-bond acceptors (Lipinski definition) is 6. The van der Waals surface area contributed by atoms with Crippen LogP contribution in [0.2, 0.25) is 0 Å². The summed E-state index contributed by atoms with van der Waals surface area (Å²) in [5, 5.41) is 15.6. The van der Waals surface area contributed by atoms with Gasteiger partial charge < -0.3 is 10.0 Å². The van der Waals surface area contributed by atoms with E-state index in [0.717, 1.165) is 5.56 Å². The van der Waals surface area contributed by atoms with Crippen LogP contribution in [0.5, 0.6) is 0 Å². The Bertz CT molecular complexity index is 1280. The average molecular weight is 464 g/mol. The van der Waals surface area contributed by atoms with Crippen molar-refractivity contribution in [1.82, 2.24) is 29.1 Å². The van der Waals surface area contributed by atoms with Crippen molar-refractivity contribution in [3.8, 4) is 0 Å². The van der Waals surface area contributed by atoms with Crippen LogP contribution in [0.25, 0.3) is 17.1 Å². The number of likely N-dealkylation sites (tertiary alicyclic amines) is 1. The predicted octanol–water partition coefficient (Wildman–Crippen LogP) is 2.10. The second kappa shape index (κ2) is 9.60. The lowest BCUT2D eigenvalue weighted by Gasteiger charge is -2.39. The van der Waals surface area contributed by atoms with Gasteiger partial charge in [0.05, 0.1) is 18.3 Å². The molecule has 3 aromatic rings. The normalized spacial score (nSPS) is 16.4. The van der Waals surface area contributed by atoms with Crippen LogP contribution >= 0.6 is 0 Å². The molecule has 0 atom stereocenters. The van der Waals surface area contributed by atoms with Gasteiger partial charge in [0.2, 0.25) is 0 Å². The number of amidine groups is 1. The molecule has 2 aromatic heterocycles. The van der Waals surface area contributed by atoms with E-state index in [1.165, 1.54) is 22.0 Å². The van der Waals surface area contributed by atoms with Crippen molar-refractivity contribution in [3.05, 3.63) is 65.0 Å². The van der Waals surface area contributed by atoms with E-state index >= 15 is 0 Å². The highest BCUT2D eigenvalue weighted by Gasteiger charge is 2.35. The molecule has 0 spiro atoms. The smallest absolute Gasteiger partial charge is 0.325 e. The molecule has 178 valence electrons. The van der Waals surface area contributed by atoms with Crippen LogP contribution in [0.15, 0.2) is 58.8 Å². The van der Waals surface area contributed by atoms with Gasteiger partial charge in [-0.15, -0.1) is 0 Å². The molecule has 1 aromatic carbocycles. The molecule has 3 heterocycles. The largest absolute Gasteiger partial charge is 0.388 e. The highest BCUT2D eigenvalue weighted by molar-refractivity contribution is 5.96. The lowest BCUT2D eigenvalue weighted by molar-refractivity contribution is -0.0276. The molecule has 0 aliphatic carbocycles. The summed E-state index contributed by atoms with van der Waals surface area (Å²) in [4.78, 5) is 37.5. The summed E-state index contributed by atoms with van der Waals surface area (Å²) in [7, 11) is 3.41. The Balaban J connectivity index is 1.36. The fourth-order valence-electron chi connectivity index (χ4n) is 4.00. The zero-order chi connectivity index (χ0) is 24.3. The first-order chi connectivity index (χ1) is 16.3. The average Bonchev–Trinajstić information content (AvgIpc) is 3.22. The maximum Gasteiger partial charge on any atom is 0.325 e. The van der Waals surface area contributed by atoms with Crippen molar-refractivity contribution < 1.29 is 9.90 Å². The second-order valence-corrected chi connectivity index (χ2v) is 8.64. The summed E-state index contributed by atoms with van der Waals surface area (Å²) in [6.07, 6.45) is 7.19. The van der Waals surface area contributed by atoms with Gasteiger partial charge >= 0.3 is 6.03 Å². The number of carbonyl (C=O) groups excluding carboxylic acids is 1. The molecule has 4 rings (SSSR count). The first kappa shape index (κ1) is 23.4. The maximum atomic E-state index is 12.9. The van der Waals surface area contributed by atoms with E-state index in [4.69, 9.17) is 0 Å². The maximum absolute atomic E-state index is 12.9. The fraction of sp³-hybridized carbons (Fsp3) is 0.375. The summed E-state index contributed by atoms with van der Waals surface area (Å²) in [5.74, 6) is 0.570. The number of nitrogens with zero attached hydrogens (tertiary/aromatic N) is 7. The van der Waals surface area contributed by atoms with E-state index in [9.17, 15) is 14.7 Å². The van der Waals surface area contributed by atoms with Crippen LogP contribution < -0.4 is 5.56 Å². The van der Waals surface area contributed by atoms with Crippen LogP contribution in [-0.4, -0.2) is 71.8 Å². The number of piperidine rings is 1. The summed E-state index contributed by atoms with van der Waals surface area (Å²) < 4.78 is 2.96. The van der Waals surface area contributed by atoms with Crippen molar-refractivity contribution >= 4 is 29.0 Å². The van der Waals surface area contributed by atoms with Gasteiger partial charge in [0, 0.05) is 33.4 Å².